The highest BCUT2D eigenvalue weighted by Gasteiger charge is 2.16. The standard InChI is InChI=1S/C17H16BrNO4S/c1-22-15-9-13(24-2)6-7-14(15)17(21)23-10-16(20)19-12-5-3-4-11(18)8-12/h3-9H,10H2,1-2H3,(H,19,20). The van der Waals surface area contributed by atoms with Crippen molar-refractivity contribution in [3.8, 4) is 5.75 Å². The molecule has 1 N–H and O–H groups in total. The number of esters is 1. The maximum Gasteiger partial charge on any atom is 0.342 e. The average molecular weight is 410 g/mol. The number of hydrogen-bond donors (Lipinski definition) is 1. The van der Waals surface area contributed by atoms with E-state index in [1.165, 1.54) is 18.9 Å². The van der Waals surface area contributed by atoms with Crippen molar-refractivity contribution in [2.45, 2.75) is 4.90 Å². The number of rotatable bonds is 6. The Balaban J connectivity index is 1.96. The number of nitrogens with one attached hydrogen (secondary N) is 1. The van der Waals surface area contributed by atoms with Gasteiger partial charge in [-0.25, -0.2) is 4.79 Å². The lowest BCUT2D eigenvalue weighted by Crippen LogP contribution is -2.21. The summed E-state index contributed by atoms with van der Waals surface area (Å²) in [5.41, 5.74) is 0.901. The minimum absolute atomic E-state index is 0.283. The van der Waals surface area contributed by atoms with Crippen molar-refractivity contribution < 1.29 is 19.1 Å². The quantitative estimate of drug-likeness (QED) is 0.577. The van der Waals surface area contributed by atoms with Crippen LogP contribution in [0.2, 0.25) is 0 Å². The SMILES string of the molecule is COc1cc(SC)ccc1C(=O)OCC(=O)Nc1cccc(Br)c1. The van der Waals surface area contributed by atoms with Gasteiger partial charge in [0, 0.05) is 15.1 Å². The second-order valence-electron chi connectivity index (χ2n) is 4.70. The molecule has 0 fully saturated rings. The summed E-state index contributed by atoms with van der Waals surface area (Å²) in [5.74, 6) is -0.607. The zero-order valence-corrected chi connectivity index (χ0v) is 15.6. The van der Waals surface area contributed by atoms with Gasteiger partial charge in [-0.3, -0.25) is 4.79 Å². The van der Waals surface area contributed by atoms with Crippen molar-refractivity contribution in [1.82, 2.24) is 0 Å². The number of benzene rings is 2. The van der Waals surface area contributed by atoms with Crippen molar-refractivity contribution in [3.63, 3.8) is 0 Å². The van der Waals surface area contributed by atoms with Crippen LogP contribution < -0.4 is 10.1 Å². The normalized spacial score (nSPS) is 10.1. The number of hydrogen-bond acceptors (Lipinski definition) is 5. The molecule has 0 aliphatic rings. The van der Waals surface area contributed by atoms with Gasteiger partial charge in [-0.15, -0.1) is 11.8 Å². The summed E-state index contributed by atoms with van der Waals surface area (Å²) in [5, 5.41) is 2.66. The van der Waals surface area contributed by atoms with Crippen molar-refractivity contribution >= 4 is 45.3 Å². The molecule has 1 amide bonds. The number of thioether (sulfide) groups is 1. The second-order valence-corrected chi connectivity index (χ2v) is 6.50. The maximum absolute atomic E-state index is 12.1. The molecule has 0 spiro atoms. The van der Waals surface area contributed by atoms with Gasteiger partial charge >= 0.3 is 5.97 Å². The molecule has 126 valence electrons. The van der Waals surface area contributed by atoms with Crippen LogP contribution in [0.15, 0.2) is 51.8 Å². The molecule has 0 saturated carbocycles. The van der Waals surface area contributed by atoms with Crippen LogP contribution >= 0.6 is 27.7 Å². The molecule has 0 heterocycles. The van der Waals surface area contributed by atoms with Crippen molar-refractivity contribution in [1.29, 1.82) is 0 Å². The average Bonchev–Trinajstić information content (AvgIpc) is 2.59. The molecule has 2 rings (SSSR count). The van der Waals surface area contributed by atoms with E-state index in [9.17, 15) is 9.59 Å². The lowest BCUT2D eigenvalue weighted by molar-refractivity contribution is -0.119. The Morgan fingerprint density at radius 3 is 2.67 bits per heavy atom. The van der Waals surface area contributed by atoms with E-state index in [0.717, 1.165) is 9.37 Å². The summed E-state index contributed by atoms with van der Waals surface area (Å²) in [6.07, 6.45) is 1.93. The number of carbonyl (C=O) groups excluding carboxylic acids is 2. The number of methoxy groups -OCH3 is 1. The fourth-order valence-electron chi connectivity index (χ4n) is 1.94. The molecular weight excluding hydrogens is 394 g/mol. The van der Waals surface area contributed by atoms with Gasteiger partial charge in [0.2, 0.25) is 0 Å². The van der Waals surface area contributed by atoms with Crippen LogP contribution in [0.5, 0.6) is 5.75 Å². The molecule has 0 saturated heterocycles. The molecule has 0 atom stereocenters. The summed E-state index contributed by atoms with van der Waals surface area (Å²) in [6.45, 7) is -0.376. The first kappa shape index (κ1) is 18.4. The van der Waals surface area contributed by atoms with Gasteiger partial charge in [-0.2, -0.15) is 0 Å². The third kappa shape index (κ3) is 5.01. The first-order chi connectivity index (χ1) is 11.5. The fraction of sp³-hybridized carbons (Fsp3) is 0.176. The topological polar surface area (TPSA) is 64.6 Å². The summed E-state index contributed by atoms with van der Waals surface area (Å²) < 4.78 is 11.1. The molecule has 24 heavy (non-hydrogen) atoms. The molecule has 0 aliphatic heterocycles. The number of halogens is 1. The van der Waals surface area contributed by atoms with Gasteiger partial charge in [0.05, 0.1) is 7.11 Å². The number of amides is 1. The summed E-state index contributed by atoms with van der Waals surface area (Å²) >= 11 is 4.86. The van der Waals surface area contributed by atoms with Crippen LogP contribution in [0.25, 0.3) is 0 Å². The Bertz CT molecular complexity index is 751. The van der Waals surface area contributed by atoms with E-state index in [4.69, 9.17) is 9.47 Å². The predicted molar refractivity (Wildman–Crippen MR) is 97.8 cm³/mol. The van der Waals surface area contributed by atoms with Gasteiger partial charge in [0.15, 0.2) is 6.61 Å². The van der Waals surface area contributed by atoms with E-state index in [1.54, 1.807) is 36.4 Å². The van der Waals surface area contributed by atoms with Crippen LogP contribution in [-0.2, 0) is 9.53 Å². The van der Waals surface area contributed by atoms with E-state index in [1.807, 2.05) is 12.3 Å². The predicted octanol–water partition coefficient (Wildman–Crippen LogP) is 3.98. The van der Waals surface area contributed by atoms with Gasteiger partial charge < -0.3 is 14.8 Å². The van der Waals surface area contributed by atoms with Crippen molar-refractivity contribution in [2.24, 2.45) is 0 Å². The Labute approximate surface area is 152 Å². The van der Waals surface area contributed by atoms with Crippen molar-refractivity contribution in [2.75, 3.05) is 25.3 Å². The highest BCUT2D eigenvalue weighted by Crippen LogP contribution is 2.26. The molecule has 0 unspecified atom stereocenters. The highest BCUT2D eigenvalue weighted by molar-refractivity contribution is 9.10. The van der Waals surface area contributed by atoms with Crippen LogP contribution in [0.3, 0.4) is 0 Å². The molecule has 0 aliphatic carbocycles. The van der Waals surface area contributed by atoms with Crippen LogP contribution in [0.4, 0.5) is 5.69 Å². The number of ether oxygens (including phenoxy) is 2. The lowest BCUT2D eigenvalue weighted by atomic mass is 10.2. The maximum atomic E-state index is 12.1. The van der Waals surface area contributed by atoms with Gasteiger partial charge in [-0.05, 0) is 42.7 Å². The largest absolute Gasteiger partial charge is 0.496 e. The smallest absolute Gasteiger partial charge is 0.342 e. The molecule has 0 bridgehead atoms. The highest BCUT2D eigenvalue weighted by atomic mass is 79.9. The van der Waals surface area contributed by atoms with Gasteiger partial charge in [0.25, 0.3) is 5.91 Å². The second kappa shape index (κ2) is 8.75. The van der Waals surface area contributed by atoms with Gasteiger partial charge in [-0.1, -0.05) is 22.0 Å². The molecule has 2 aromatic rings. The Hall–Kier alpha value is -1.99. The monoisotopic (exact) mass is 409 g/mol. The Kier molecular flexibility index (Phi) is 6.69. The first-order valence-electron chi connectivity index (χ1n) is 6.98. The lowest BCUT2D eigenvalue weighted by Gasteiger charge is -2.10. The zero-order valence-electron chi connectivity index (χ0n) is 13.2. The third-order valence-electron chi connectivity index (χ3n) is 3.07. The van der Waals surface area contributed by atoms with Crippen molar-refractivity contribution in [3.05, 3.63) is 52.5 Å². The Morgan fingerprint density at radius 2 is 2.00 bits per heavy atom. The van der Waals surface area contributed by atoms with E-state index < -0.39 is 11.9 Å². The number of anilines is 1. The third-order valence-corrected chi connectivity index (χ3v) is 4.29. The van der Waals surface area contributed by atoms with E-state index in [0.29, 0.717) is 11.4 Å². The minimum Gasteiger partial charge on any atom is -0.496 e. The van der Waals surface area contributed by atoms with Gasteiger partial charge in [0.1, 0.15) is 11.3 Å². The zero-order chi connectivity index (χ0) is 17.5. The van der Waals surface area contributed by atoms with E-state index in [2.05, 4.69) is 21.2 Å². The Morgan fingerprint density at radius 1 is 1.21 bits per heavy atom. The minimum atomic E-state index is -0.608. The molecule has 5 nitrogen and oxygen atoms in total. The summed E-state index contributed by atoms with van der Waals surface area (Å²) in [4.78, 5) is 25.0. The van der Waals surface area contributed by atoms with Crippen LogP contribution in [0, 0.1) is 0 Å². The molecule has 7 heteroatoms. The van der Waals surface area contributed by atoms with E-state index in [-0.39, 0.29) is 12.2 Å². The molecule has 0 aromatic heterocycles. The molecule has 2 aromatic carbocycles. The molecule has 0 radical (unpaired) electrons. The van der Waals surface area contributed by atoms with E-state index >= 15 is 0 Å². The molecular formula is C17H16BrNO4S. The summed E-state index contributed by atoms with van der Waals surface area (Å²) in [6, 6.07) is 12.3. The van der Waals surface area contributed by atoms with Crippen LogP contribution in [0.1, 0.15) is 10.4 Å². The fourth-order valence-corrected chi connectivity index (χ4v) is 2.77. The van der Waals surface area contributed by atoms with Crippen LogP contribution in [-0.4, -0.2) is 31.8 Å². The summed E-state index contributed by atoms with van der Waals surface area (Å²) in [7, 11) is 1.48. The number of carbonyl (C=O) groups is 2. The first-order valence-corrected chi connectivity index (χ1v) is 9.00.